The number of amides is 1. The highest BCUT2D eigenvalue weighted by Gasteiger charge is 2.25. The molecule has 1 amide bonds. The summed E-state index contributed by atoms with van der Waals surface area (Å²) in [5, 5.41) is 0.722. The van der Waals surface area contributed by atoms with Crippen LogP contribution in [-0.4, -0.2) is 26.9 Å². The maximum atomic E-state index is 13.5. The number of hydrogen-bond acceptors (Lipinski definition) is 2. The summed E-state index contributed by atoms with van der Waals surface area (Å²) in [6.07, 6.45) is 5.72. The van der Waals surface area contributed by atoms with Crippen molar-refractivity contribution >= 4 is 44.5 Å². The first kappa shape index (κ1) is 22.3. The molecule has 1 fully saturated rings. The molecule has 4 nitrogen and oxygen atoms in total. The van der Waals surface area contributed by atoms with E-state index in [2.05, 4.69) is 34.3 Å². The molecule has 0 unspecified atom stereocenters. The first-order valence-corrected chi connectivity index (χ1v) is 12.3. The number of aromatic nitrogens is 2. The predicted octanol–water partition coefficient (Wildman–Crippen LogP) is 7.26. The molecule has 2 aromatic carbocycles. The summed E-state index contributed by atoms with van der Waals surface area (Å²) in [6.45, 7) is 5.59. The number of rotatable bonds is 7. The van der Waals surface area contributed by atoms with Gasteiger partial charge >= 0.3 is 0 Å². The topological polar surface area (TPSA) is 38.1 Å². The Morgan fingerprint density at radius 3 is 2.71 bits per heavy atom. The lowest BCUT2D eigenvalue weighted by molar-refractivity contribution is 0.0728. The third-order valence-electron chi connectivity index (χ3n) is 6.08. The molecule has 3 aromatic rings. The van der Waals surface area contributed by atoms with Gasteiger partial charge in [0, 0.05) is 27.6 Å². The number of halogens is 2. The number of fused-ring (bicyclic) bond motifs is 1. The lowest BCUT2D eigenvalue weighted by atomic mass is 10.1. The van der Waals surface area contributed by atoms with E-state index in [9.17, 15) is 4.79 Å². The van der Waals surface area contributed by atoms with Gasteiger partial charge in [0.05, 0.1) is 17.6 Å². The first-order chi connectivity index (χ1) is 14.9. The number of benzene rings is 2. The van der Waals surface area contributed by atoms with Gasteiger partial charge in [-0.2, -0.15) is 0 Å². The molecule has 1 heterocycles. The Bertz CT molecular complexity index is 1070. The lowest BCUT2D eigenvalue weighted by Crippen LogP contribution is -2.33. The monoisotopic (exact) mass is 501 g/mol. The van der Waals surface area contributed by atoms with Crippen LogP contribution in [0.15, 0.2) is 46.9 Å². The van der Waals surface area contributed by atoms with E-state index in [0.717, 1.165) is 45.6 Å². The fraction of sp³-hybridized carbons (Fsp3) is 0.440. The zero-order valence-corrected chi connectivity index (χ0v) is 20.5. The van der Waals surface area contributed by atoms with Gasteiger partial charge in [0.2, 0.25) is 0 Å². The Morgan fingerprint density at radius 1 is 1.23 bits per heavy atom. The second kappa shape index (κ2) is 9.74. The van der Waals surface area contributed by atoms with Crippen LogP contribution in [-0.2, 0) is 6.54 Å². The minimum atomic E-state index is 0.0463. The molecule has 0 aliphatic heterocycles. The third-order valence-corrected chi connectivity index (χ3v) is 6.81. The third kappa shape index (κ3) is 5.15. The van der Waals surface area contributed by atoms with Crippen LogP contribution in [0, 0.1) is 5.92 Å². The Hall–Kier alpha value is -1.85. The van der Waals surface area contributed by atoms with E-state index in [1.165, 1.54) is 12.8 Å². The molecule has 6 heteroatoms. The summed E-state index contributed by atoms with van der Waals surface area (Å²) in [4.78, 5) is 20.4. The normalized spacial score (nSPS) is 14.6. The average molecular weight is 503 g/mol. The van der Waals surface area contributed by atoms with E-state index in [4.69, 9.17) is 16.6 Å². The molecular formula is C25H29BrClN3O. The van der Waals surface area contributed by atoms with Gasteiger partial charge in [-0.15, -0.1) is 0 Å². The summed E-state index contributed by atoms with van der Waals surface area (Å²) in [5.41, 5.74) is 2.72. The van der Waals surface area contributed by atoms with Gasteiger partial charge in [-0.1, -0.05) is 60.3 Å². The van der Waals surface area contributed by atoms with Gasteiger partial charge in [0.15, 0.2) is 0 Å². The van der Waals surface area contributed by atoms with Gasteiger partial charge < -0.3 is 9.47 Å². The van der Waals surface area contributed by atoms with Gasteiger partial charge in [0.1, 0.15) is 5.82 Å². The molecule has 0 atom stereocenters. The molecule has 0 bridgehead atoms. The van der Waals surface area contributed by atoms with Crippen molar-refractivity contribution in [2.45, 2.75) is 58.5 Å². The van der Waals surface area contributed by atoms with Crippen molar-refractivity contribution in [2.24, 2.45) is 5.92 Å². The molecule has 1 aromatic heterocycles. The number of carbonyl (C=O) groups is 1. The van der Waals surface area contributed by atoms with E-state index in [-0.39, 0.29) is 5.91 Å². The van der Waals surface area contributed by atoms with E-state index in [1.807, 2.05) is 47.4 Å². The van der Waals surface area contributed by atoms with Gasteiger partial charge in [-0.05, 0) is 61.6 Å². The maximum absolute atomic E-state index is 13.5. The van der Waals surface area contributed by atoms with Crippen LogP contribution in [0.4, 0.5) is 0 Å². The van der Waals surface area contributed by atoms with Crippen LogP contribution in [0.1, 0.15) is 68.2 Å². The second-order valence-corrected chi connectivity index (χ2v) is 10.2. The highest BCUT2D eigenvalue weighted by atomic mass is 79.9. The zero-order valence-electron chi connectivity index (χ0n) is 18.2. The van der Waals surface area contributed by atoms with E-state index < -0.39 is 0 Å². The molecule has 31 heavy (non-hydrogen) atoms. The predicted molar refractivity (Wildman–Crippen MR) is 131 cm³/mol. The van der Waals surface area contributed by atoms with Crippen LogP contribution in [0.3, 0.4) is 0 Å². The quantitative estimate of drug-likeness (QED) is 0.341. The van der Waals surface area contributed by atoms with Crippen molar-refractivity contribution in [1.82, 2.24) is 14.5 Å². The standard InChI is InChI=1S/C25H29BrClN3O/c1-17(2)12-13-29(25(31)18-6-5-7-19(26)14-18)16-24-28-22-11-10-20(27)15-23(22)30(24)21-8-3-4-9-21/h5-7,10-11,14-15,17,21H,3-4,8-9,12-13,16H2,1-2H3. The zero-order chi connectivity index (χ0) is 22.0. The van der Waals surface area contributed by atoms with E-state index in [1.54, 1.807) is 0 Å². The number of carbonyl (C=O) groups excluding carboxylic acids is 1. The van der Waals surface area contributed by atoms with Crippen molar-refractivity contribution in [3.8, 4) is 0 Å². The molecule has 0 N–H and O–H groups in total. The molecule has 1 aliphatic rings. The van der Waals surface area contributed by atoms with Crippen molar-refractivity contribution in [3.63, 3.8) is 0 Å². The minimum Gasteiger partial charge on any atom is -0.331 e. The fourth-order valence-electron chi connectivity index (χ4n) is 4.44. The molecular weight excluding hydrogens is 474 g/mol. The Kier molecular flexibility index (Phi) is 7.02. The van der Waals surface area contributed by atoms with Gasteiger partial charge in [-0.25, -0.2) is 4.98 Å². The summed E-state index contributed by atoms with van der Waals surface area (Å²) < 4.78 is 3.26. The molecule has 4 rings (SSSR count). The molecule has 164 valence electrons. The van der Waals surface area contributed by atoms with Gasteiger partial charge in [0.25, 0.3) is 5.91 Å². The highest BCUT2D eigenvalue weighted by molar-refractivity contribution is 9.10. The van der Waals surface area contributed by atoms with Crippen LogP contribution in [0.2, 0.25) is 5.02 Å². The fourth-order valence-corrected chi connectivity index (χ4v) is 5.00. The summed E-state index contributed by atoms with van der Waals surface area (Å²) in [5.74, 6) is 1.52. The summed E-state index contributed by atoms with van der Waals surface area (Å²) in [7, 11) is 0. The molecule has 0 radical (unpaired) electrons. The van der Waals surface area contributed by atoms with Crippen molar-refractivity contribution in [2.75, 3.05) is 6.54 Å². The largest absolute Gasteiger partial charge is 0.331 e. The second-order valence-electron chi connectivity index (χ2n) is 8.89. The Labute approximate surface area is 197 Å². The molecule has 1 aliphatic carbocycles. The van der Waals surface area contributed by atoms with Crippen LogP contribution in [0.5, 0.6) is 0 Å². The minimum absolute atomic E-state index is 0.0463. The Morgan fingerprint density at radius 2 is 2.00 bits per heavy atom. The maximum Gasteiger partial charge on any atom is 0.254 e. The molecule has 1 saturated carbocycles. The summed E-state index contributed by atoms with van der Waals surface area (Å²) >= 11 is 9.83. The van der Waals surface area contributed by atoms with Gasteiger partial charge in [-0.3, -0.25) is 4.79 Å². The van der Waals surface area contributed by atoms with Crippen molar-refractivity contribution < 1.29 is 4.79 Å². The van der Waals surface area contributed by atoms with Crippen LogP contribution >= 0.6 is 27.5 Å². The number of imidazole rings is 1. The van der Waals surface area contributed by atoms with Crippen LogP contribution < -0.4 is 0 Å². The van der Waals surface area contributed by atoms with E-state index >= 15 is 0 Å². The molecule has 0 saturated heterocycles. The van der Waals surface area contributed by atoms with Crippen LogP contribution in [0.25, 0.3) is 11.0 Å². The lowest BCUT2D eigenvalue weighted by Gasteiger charge is -2.25. The number of nitrogens with zero attached hydrogens (tertiary/aromatic N) is 3. The average Bonchev–Trinajstić information content (AvgIpc) is 3.37. The van der Waals surface area contributed by atoms with Crippen molar-refractivity contribution in [3.05, 3.63) is 63.3 Å². The Balaban J connectivity index is 1.71. The summed E-state index contributed by atoms with van der Waals surface area (Å²) in [6, 6.07) is 13.9. The first-order valence-electron chi connectivity index (χ1n) is 11.1. The van der Waals surface area contributed by atoms with E-state index in [0.29, 0.717) is 30.6 Å². The number of hydrogen-bond donors (Lipinski definition) is 0. The highest BCUT2D eigenvalue weighted by Crippen LogP contribution is 2.35. The van der Waals surface area contributed by atoms with Crippen molar-refractivity contribution in [1.29, 1.82) is 0 Å². The molecule has 0 spiro atoms. The SMILES string of the molecule is CC(C)CCN(Cc1nc2ccc(Cl)cc2n1C1CCCC1)C(=O)c1cccc(Br)c1. The smallest absolute Gasteiger partial charge is 0.254 e.